The number of hydrogen-bond donors (Lipinski definition) is 0. The van der Waals surface area contributed by atoms with Crippen LogP contribution in [0.5, 0.6) is 0 Å². The van der Waals surface area contributed by atoms with E-state index in [2.05, 4.69) is 16.9 Å². The van der Waals surface area contributed by atoms with Gasteiger partial charge in [0.2, 0.25) is 12.2 Å². The van der Waals surface area contributed by atoms with Crippen molar-refractivity contribution in [1.82, 2.24) is 0 Å². The molecule has 0 radical (unpaired) electrons. The molecule has 0 saturated carbocycles. The Labute approximate surface area is 148 Å². The topological polar surface area (TPSA) is 58.9 Å². The van der Waals surface area contributed by atoms with Gasteiger partial charge in [0.25, 0.3) is 0 Å². The second kappa shape index (κ2) is 19.8. The van der Waals surface area contributed by atoms with Crippen LogP contribution in [0.15, 0.2) is 9.98 Å². The summed E-state index contributed by atoms with van der Waals surface area (Å²) in [6.07, 6.45) is 21.4. The molecule has 0 aliphatic rings. The first-order chi connectivity index (χ1) is 11.8. The van der Waals surface area contributed by atoms with Crippen molar-refractivity contribution < 1.29 is 9.59 Å². The summed E-state index contributed by atoms with van der Waals surface area (Å²) in [4.78, 5) is 28.0. The summed E-state index contributed by atoms with van der Waals surface area (Å²) in [5.41, 5.74) is 0. The van der Waals surface area contributed by atoms with Crippen LogP contribution in [0.4, 0.5) is 0 Å². The third-order valence-electron chi connectivity index (χ3n) is 4.50. The van der Waals surface area contributed by atoms with Crippen LogP contribution in [0.2, 0.25) is 0 Å². The normalized spacial score (nSPS) is 11.5. The first kappa shape index (κ1) is 22.8. The minimum atomic E-state index is 0.131. The summed E-state index contributed by atoms with van der Waals surface area (Å²) in [6.45, 7) is 2.81. The Morgan fingerprint density at radius 1 is 0.667 bits per heavy atom. The van der Waals surface area contributed by atoms with Gasteiger partial charge >= 0.3 is 0 Å². The van der Waals surface area contributed by atoms with E-state index in [4.69, 9.17) is 0 Å². The van der Waals surface area contributed by atoms with E-state index in [9.17, 15) is 9.59 Å². The summed E-state index contributed by atoms with van der Waals surface area (Å²) in [6, 6.07) is 0.131. The van der Waals surface area contributed by atoms with Gasteiger partial charge < -0.3 is 0 Å². The molecule has 0 heterocycles. The van der Waals surface area contributed by atoms with Crippen LogP contribution in [-0.2, 0) is 9.59 Å². The van der Waals surface area contributed by atoms with Crippen LogP contribution in [0.3, 0.4) is 0 Å². The molecule has 4 nitrogen and oxygen atoms in total. The Hall–Kier alpha value is -1.24. The zero-order chi connectivity index (χ0) is 17.7. The maximum absolute atomic E-state index is 10.5. The molecule has 138 valence electrons. The molecule has 4 heteroatoms. The number of carbonyl (C=O) groups excluding carboxylic acids is 2. The van der Waals surface area contributed by atoms with E-state index >= 15 is 0 Å². The molecule has 0 bridgehead atoms. The first-order valence-electron chi connectivity index (χ1n) is 9.95. The first-order valence-corrected chi connectivity index (χ1v) is 9.95. The predicted molar refractivity (Wildman–Crippen MR) is 99.8 cm³/mol. The molecule has 0 N–H and O–H groups in total. The molecule has 0 aromatic heterocycles. The molecule has 1 unspecified atom stereocenters. The zero-order valence-electron chi connectivity index (χ0n) is 15.6. The highest BCUT2D eigenvalue weighted by molar-refractivity contribution is 5.33. The minimum Gasteiger partial charge on any atom is -0.211 e. The van der Waals surface area contributed by atoms with E-state index in [0.29, 0.717) is 6.54 Å². The van der Waals surface area contributed by atoms with Crippen LogP contribution in [0.25, 0.3) is 0 Å². The summed E-state index contributed by atoms with van der Waals surface area (Å²) in [7, 11) is 0. The second-order valence-corrected chi connectivity index (χ2v) is 6.67. The highest BCUT2D eigenvalue weighted by Gasteiger charge is 2.06. The molecule has 0 fully saturated rings. The third kappa shape index (κ3) is 17.1. The van der Waals surface area contributed by atoms with Crippen molar-refractivity contribution in [3.05, 3.63) is 0 Å². The van der Waals surface area contributed by atoms with Crippen molar-refractivity contribution in [3.63, 3.8) is 0 Å². The maximum atomic E-state index is 10.5. The van der Waals surface area contributed by atoms with Crippen molar-refractivity contribution in [2.75, 3.05) is 6.54 Å². The molecule has 0 spiro atoms. The summed E-state index contributed by atoms with van der Waals surface area (Å²) >= 11 is 0. The summed E-state index contributed by atoms with van der Waals surface area (Å²) in [5, 5.41) is 0. The molecule has 0 aliphatic heterocycles. The van der Waals surface area contributed by atoms with E-state index < -0.39 is 0 Å². The van der Waals surface area contributed by atoms with Gasteiger partial charge in [-0.25, -0.2) is 19.6 Å². The fraction of sp³-hybridized carbons (Fsp3) is 0.900. The molecule has 0 aliphatic carbocycles. The van der Waals surface area contributed by atoms with Gasteiger partial charge in [0.05, 0.1) is 12.6 Å². The number of rotatable bonds is 18. The number of aliphatic imine (C=N–C) groups is 2. The Kier molecular flexibility index (Phi) is 18.8. The molecular weight excluding hydrogens is 300 g/mol. The lowest BCUT2D eigenvalue weighted by Crippen LogP contribution is -2.04. The van der Waals surface area contributed by atoms with Gasteiger partial charge in [0.1, 0.15) is 0 Å². The van der Waals surface area contributed by atoms with Crippen molar-refractivity contribution in [2.45, 2.75) is 109 Å². The lowest BCUT2D eigenvalue weighted by atomic mass is 10.0. The Bertz CT molecular complexity index is 359. The molecule has 0 amide bonds. The van der Waals surface area contributed by atoms with Gasteiger partial charge in [0, 0.05) is 0 Å². The summed E-state index contributed by atoms with van der Waals surface area (Å²) < 4.78 is 0. The zero-order valence-corrected chi connectivity index (χ0v) is 15.6. The van der Waals surface area contributed by atoms with Crippen LogP contribution in [0, 0.1) is 0 Å². The van der Waals surface area contributed by atoms with Gasteiger partial charge in [-0.1, -0.05) is 84.0 Å². The molecule has 0 rings (SSSR count). The fourth-order valence-corrected chi connectivity index (χ4v) is 3.01. The van der Waals surface area contributed by atoms with Gasteiger partial charge in [0.15, 0.2) is 0 Å². The molecule has 24 heavy (non-hydrogen) atoms. The minimum absolute atomic E-state index is 0.131. The van der Waals surface area contributed by atoms with E-state index in [1.807, 2.05) is 0 Å². The maximum Gasteiger partial charge on any atom is 0.235 e. The van der Waals surface area contributed by atoms with E-state index in [1.54, 1.807) is 12.2 Å². The number of nitrogens with zero attached hydrogens (tertiary/aromatic N) is 2. The van der Waals surface area contributed by atoms with Crippen molar-refractivity contribution in [3.8, 4) is 0 Å². The lowest BCUT2D eigenvalue weighted by molar-refractivity contribution is 0.482. The standard InChI is InChI=1S/C20H36N2O2/c1-2-3-4-5-6-7-8-9-10-12-15-20(22-19-24)16-13-11-14-17-21-18-23/h20H,2-17H2,1H3. The summed E-state index contributed by atoms with van der Waals surface area (Å²) in [5.74, 6) is 0. The molecule has 1 atom stereocenters. The molecule has 0 aromatic carbocycles. The molecule has 0 aromatic rings. The van der Waals surface area contributed by atoms with Crippen molar-refractivity contribution in [2.24, 2.45) is 9.98 Å². The number of hydrogen-bond acceptors (Lipinski definition) is 4. The quantitative estimate of drug-likeness (QED) is 0.178. The van der Waals surface area contributed by atoms with E-state index in [0.717, 1.165) is 38.5 Å². The van der Waals surface area contributed by atoms with E-state index in [-0.39, 0.29) is 6.04 Å². The Morgan fingerprint density at radius 3 is 1.67 bits per heavy atom. The van der Waals surface area contributed by atoms with Crippen LogP contribution >= 0.6 is 0 Å². The lowest BCUT2D eigenvalue weighted by Gasteiger charge is -2.10. The third-order valence-corrected chi connectivity index (χ3v) is 4.50. The van der Waals surface area contributed by atoms with E-state index in [1.165, 1.54) is 57.8 Å². The number of unbranched alkanes of at least 4 members (excludes halogenated alkanes) is 11. The molecule has 0 saturated heterocycles. The van der Waals surface area contributed by atoms with Gasteiger partial charge in [-0.15, -0.1) is 0 Å². The average Bonchev–Trinajstić information content (AvgIpc) is 2.59. The Balaban J connectivity index is 3.50. The largest absolute Gasteiger partial charge is 0.235 e. The average molecular weight is 337 g/mol. The monoisotopic (exact) mass is 336 g/mol. The van der Waals surface area contributed by atoms with Gasteiger partial charge in [-0.3, -0.25) is 0 Å². The fourth-order valence-electron chi connectivity index (χ4n) is 3.01. The Morgan fingerprint density at radius 2 is 1.17 bits per heavy atom. The molecular formula is C20H36N2O2. The van der Waals surface area contributed by atoms with Crippen LogP contribution < -0.4 is 0 Å². The van der Waals surface area contributed by atoms with Crippen molar-refractivity contribution in [1.29, 1.82) is 0 Å². The highest BCUT2D eigenvalue weighted by atomic mass is 16.1. The van der Waals surface area contributed by atoms with Crippen molar-refractivity contribution >= 4 is 12.2 Å². The van der Waals surface area contributed by atoms with Crippen LogP contribution in [-0.4, -0.2) is 24.7 Å². The van der Waals surface area contributed by atoms with Crippen LogP contribution in [0.1, 0.15) is 103 Å². The highest BCUT2D eigenvalue weighted by Crippen LogP contribution is 2.16. The second-order valence-electron chi connectivity index (χ2n) is 6.67. The smallest absolute Gasteiger partial charge is 0.211 e. The SMILES string of the molecule is CCCCCCCCCCCCC(CCCCCN=C=O)N=C=O. The predicted octanol–water partition coefficient (Wildman–Crippen LogP) is 5.90. The van der Waals surface area contributed by atoms with Gasteiger partial charge in [-0.2, -0.15) is 0 Å². The van der Waals surface area contributed by atoms with Gasteiger partial charge in [-0.05, 0) is 19.3 Å². The number of isocyanates is 2.